The van der Waals surface area contributed by atoms with Gasteiger partial charge in [-0.1, -0.05) is 36.4 Å². The zero-order chi connectivity index (χ0) is 14.1. The van der Waals surface area contributed by atoms with E-state index in [1.54, 1.807) is 0 Å². The molecular formula is C19H18N2. The van der Waals surface area contributed by atoms with Crippen LogP contribution in [0.4, 0.5) is 5.69 Å². The molecule has 3 aromatic rings. The van der Waals surface area contributed by atoms with Crippen LogP contribution in [0, 0.1) is 0 Å². The van der Waals surface area contributed by atoms with Crippen molar-refractivity contribution >= 4 is 16.6 Å². The molecule has 4 rings (SSSR count). The van der Waals surface area contributed by atoms with Gasteiger partial charge in [0.1, 0.15) is 0 Å². The fourth-order valence-electron chi connectivity index (χ4n) is 3.05. The standard InChI is InChI=1S/C19H18N2/c1-2-6-19-15(4-1)8-9-17(21-19)13-14-7-10-18-16(12-14)5-3-11-20-18/h1-2,4,6-10,12,20H,3,5,11,13H2. The summed E-state index contributed by atoms with van der Waals surface area (Å²) in [6.07, 6.45) is 3.31. The van der Waals surface area contributed by atoms with Gasteiger partial charge in [-0.2, -0.15) is 0 Å². The second kappa shape index (κ2) is 5.21. The van der Waals surface area contributed by atoms with Crippen molar-refractivity contribution in [3.05, 3.63) is 71.4 Å². The first-order valence-corrected chi connectivity index (χ1v) is 7.59. The highest BCUT2D eigenvalue weighted by Gasteiger charge is 2.09. The van der Waals surface area contributed by atoms with Crippen molar-refractivity contribution in [3.8, 4) is 0 Å². The molecule has 0 aliphatic carbocycles. The molecule has 2 nitrogen and oxygen atoms in total. The van der Waals surface area contributed by atoms with Crippen molar-refractivity contribution in [2.75, 3.05) is 11.9 Å². The van der Waals surface area contributed by atoms with Crippen LogP contribution in [0.2, 0.25) is 0 Å². The van der Waals surface area contributed by atoms with E-state index in [0.29, 0.717) is 0 Å². The van der Waals surface area contributed by atoms with Gasteiger partial charge in [0, 0.05) is 29.7 Å². The molecule has 1 aliphatic rings. The number of pyridine rings is 1. The monoisotopic (exact) mass is 274 g/mol. The Kier molecular flexibility index (Phi) is 3.07. The lowest BCUT2D eigenvalue weighted by atomic mass is 9.98. The first kappa shape index (κ1) is 12.4. The minimum atomic E-state index is 0.901. The smallest absolute Gasteiger partial charge is 0.0705 e. The molecule has 0 amide bonds. The Morgan fingerprint density at radius 2 is 1.95 bits per heavy atom. The van der Waals surface area contributed by atoms with E-state index < -0.39 is 0 Å². The van der Waals surface area contributed by atoms with E-state index in [9.17, 15) is 0 Å². The van der Waals surface area contributed by atoms with Crippen LogP contribution >= 0.6 is 0 Å². The highest BCUT2D eigenvalue weighted by atomic mass is 14.9. The van der Waals surface area contributed by atoms with E-state index in [2.05, 4.69) is 53.8 Å². The molecule has 2 aromatic carbocycles. The van der Waals surface area contributed by atoms with Crippen molar-refractivity contribution in [1.29, 1.82) is 0 Å². The number of hydrogen-bond donors (Lipinski definition) is 1. The van der Waals surface area contributed by atoms with Crippen LogP contribution < -0.4 is 5.32 Å². The molecule has 2 heterocycles. The summed E-state index contributed by atoms with van der Waals surface area (Å²) in [5, 5.41) is 4.67. The topological polar surface area (TPSA) is 24.9 Å². The summed E-state index contributed by atoms with van der Waals surface area (Å²) in [5.41, 5.74) is 6.31. The van der Waals surface area contributed by atoms with E-state index in [4.69, 9.17) is 4.98 Å². The van der Waals surface area contributed by atoms with Gasteiger partial charge < -0.3 is 5.32 Å². The van der Waals surface area contributed by atoms with E-state index in [-0.39, 0.29) is 0 Å². The molecule has 104 valence electrons. The molecule has 1 aliphatic heterocycles. The summed E-state index contributed by atoms with van der Waals surface area (Å²) in [4.78, 5) is 4.77. The number of hydrogen-bond acceptors (Lipinski definition) is 2. The van der Waals surface area contributed by atoms with Crippen molar-refractivity contribution < 1.29 is 0 Å². The van der Waals surface area contributed by atoms with Gasteiger partial charge in [-0.25, -0.2) is 0 Å². The van der Waals surface area contributed by atoms with Crippen LogP contribution in [0.3, 0.4) is 0 Å². The molecular weight excluding hydrogens is 256 g/mol. The minimum absolute atomic E-state index is 0.901. The van der Waals surface area contributed by atoms with Crippen molar-refractivity contribution in [2.45, 2.75) is 19.3 Å². The Morgan fingerprint density at radius 1 is 1.00 bits per heavy atom. The van der Waals surface area contributed by atoms with E-state index >= 15 is 0 Å². The predicted octanol–water partition coefficient (Wildman–Crippen LogP) is 4.18. The Morgan fingerprint density at radius 3 is 2.95 bits per heavy atom. The maximum Gasteiger partial charge on any atom is 0.0705 e. The molecule has 21 heavy (non-hydrogen) atoms. The molecule has 0 saturated heterocycles. The number of aromatic nitrogens is 1. The van der Waals surface area contributed by atoms with Crippen LogP contribution in [0.5, 0.6) is 0 Å². The summed E-state index contributed by atoms with van der Waals surface area (Å²) in [7, 11) is 0. The van der Waals surface area contributed by atoms with Gasteiger partial charge in [0.25, 0.3) is 0 Å². The molecule has 1 N–H and O–H groups in total. The molecule has 0 radical (unpaired) electrons. The van der Waals surface area contributed by atoms with Crippen LogP contribution in [0.15, 0.2) is 54.6 Å². The van der Waals surface area contributed by atoms with Gasteiger partial charge in [-0.15, -0.1) is 0 Å². The predicted molar refractivity (Wildman–Crippen MR) is 87.8 cm³/mol. The molecule has 0 fully saturated rings. The van der Waals surface area contributed by atoms with Gasteiger partial charge >= 0.3 is 0 Å². The number of rotatable bonds is 2. The molecule has 1 aromatic heterocycles. The maximum absolute atomic E-state index is 4.77. The molecule has 0 unspecified atom stereocenters. The van der Waals surface area contributed by atoms with Gasteiger partial charge in [0.05, 0.1) is 5.52 Å². The van der Waals surface area contributed by atoms with E-state index in [1.807, 2.05) is 6.07 Å². The lowest BCUT2D eigenvalue weighted by Crippen LogP contribution is -2.11. The number of para-hydroxylation sites is 1. The number of nitrogens with zero attached hydrogens (tertiary/aromatic N) is 1. The van der Waals surface area contributed by atoms with Crippen molar-refractivity contribution in [2.24, 2.45) is 0 Å². The highest BCUT2D eigenvalue weighted by Crippen LogP contribution is 2.24. The number of fused-ring (bicyclic) bond motifs is 2. The molecule has 0 bridgehead atoms. The lowest BCUT2D eigenvalue weighted by Gasteiger charge is -2.18. The summed E-state index contributed by atoms with van der Waals surface area (Å²) in [6, 6.07) is 19.4. The van der Waals surface area contributed by atoms with Crippen molar-refractivity contribution in [3.63, 3.8) is 0 Å². The van der Waals surface area contributed by atoms with E-state index in [0.717, 1.165) is 24.2 Å². The maximum atomic E-state index is 4.77. The molecule has 2 heteroatoms. The first-order valence-electron chi connectivity index (χ1n) is 7.59. The van der Waals surface area contributed by atoms with Crippen LogP contribution in [-0.2, 0) is 12.8 Å². The third-order valence-corrected chi connectivity index (χ3v) is 4.15. The molecule has 0 atom stereocenters. The fraction of sp³-hybridized carbons (Fsp3) is 0.211. The number of benzene rings is 2. The summed E-state index contributed by atoms with van der Waals surface area (Å²) in [5.74, 6) is 0. The Hall–Kier alpha value is -2.35. The molecule has 0 spiro atoms. The minimum Gasteiger partial charge on any atom is -0.385 e. The SMILES string of the molecule is c1ccc2nc(Cc3ccc4c(c3)CCCN4)ccc2c1. The van der Waals surface area contributed by atoms with E-state index in [1.165, 1.54) is 35.0 Å². The van der Waals surface area contributed by atoms with Crippen LogP contribution in [0.1, 0.15) is 23.2 Å². The third kappa shape index (κ3) is 2.49. The fourth-order valence-corrected chi connectivity index (χ4v) is 3.05. The number of aryl methyl sites for hydroxylation is 1. The largest absolute Gasteiger partial charge is 0.385 e. The average molecular weight is 274 g/mol. The van der Waals surface area contributed by atoms with Crippen LogP contribution in [0.25, 0.3) is 10.9 Å². The zero-order valence-corrected chi connectivity index (χ0v) is 12.0. The first-order chi connectivity index (χ1) is 10.4. The third-order valence-electron chi connectivity index (χ3n) is 4.15. The lowest BCUT2D eigenvalue weighted by molar-refractivity contribution is 0.828. The summed E-state index contributed by atoms with van der Waals surface area (Å²) < 4.78 is 0. The quantitative estimate of drug-likeness (QED) is 0.758. The molecule has 0 saturated carbocycles. The second-order valence-electron chi connectivity index (χ2n) is 5.69. The Labute approximate surface area is 124 Å². The zero-order valence-electron chi connectivity index (χ0n) is 12.0. The van der Waals surface area contributed by atoms with Gasteiger partial charge in [0.2, 0.25) is 0 Å². The number of anilines is 1. The normalized spacial score (nSPS) is 13.7. The summed E-state index contributed by atoms with van der Waals surface area (Å²) >= 11 is 0. The second-order valence-corrected chi connectivity index (χ2v) is 5.69. The van der Waals surface area contributed by atoms with Gasteiger partial charge in [-0.3, -0.25) is 4.98 Å². The summed E-state index contributed by atoms with van der Waals surface area (Å²) in [6.45, 7) is 1.10. The van der Waals surface area contributed by atoms with Gasteiger partial charge in [-0.05, 0) is 42.2 Å². The highest BCUT2D eigenvalue weighted by molar-refractivity contribution is 5.78. The Balaban J connectivity index is 1.64. The van der Waals surface area contributed by atoms with Crippen molar-refractivity contribution in [1.82, 2.24) is 4.98 Å². The van der Waals surface area contributed by atoms with Crippen LogP contribution in [-0.4, -0.2) is 11.5 Å². The Bertz CT molecular complexity index is 792. The average Bonchev–Trinajstić information content (AvgIpc) is 2.55. The van der Waals surface area contributed by atoms with Gasteiger partial charge in [0.15, 0.2) is 0 Å². The number of nitrogens with one attached hydrogen (secondary N) is 1.